The van der Waals surface area contributed by atoms with Gasteiger partial charge in [-0.3, -0.25) is 9.80 Å². The van der Waals surface area contributed by atoms with Crippen molar-refractivity contribution in [3.63, 3.8) is 0 Å². The van der Waals surface area contributed by atoms with Gasteiger partial charge in [-0.2, -0.15) is 0 Å². The second kappa shape index (κ2) is 6.98. The second-order valence-electron chi connectivity index (χ2n) is 8.24. The summed E-state index contributed by atoms with van der Waals surface area (Å²) in [7, 11) is 1.91. The standard InChI is InChI=1S/C18H36N4O/c1-14(2)19(7)17(23)20-10-8-18(9-11-20)12-21(15(3)4)13-22(18)16(5)6/h14-16H,8-13H2,1-7H3. The number of hydrogen-bond donors (Lipinski definition) is 0. The highest BCUT2D eigenvalue weighted by atomic mass is 16.2. The van der Waals surface area contributed by atoms with E-state index in [4.69, 9.17) is 0 Å². The third kappa shape index (κ3) is 3.66. The molecule has 0 N–H and O–H groups in total. The van der Waals surface area contributed by atoms with Gasteiger partial charge in [-0.1, -0.05) is 0 Å². The third-order valence-electron chi connectivity index (χ3n) is 5.84. The predicted molar refractivity (Wildman–Crippen MR) is 95.5 cm³/mol. The van der Waals surface area contributed by atoms with Gasteiger partial charge in [0.05, 0.1) is 6.67 Å². The molecular formula is C18H36N4O. The molecule has 134 valence electrons. The fourth-order valence-corrected chi connectivity index (χ4v) is 3.92. The van der Waals surface area contributed by atoms with Gasteiger partial charge in [-0.15, -0.1) is 0 Å². The van der Waals surface area contributed by atoms with Gasteiger partial charge in [0.1, 0.15) is 0 Å². The normalized spacial score (nSPS) is 22.8. The molecule has 0 aromatic rings. The first-order valence-corrected chi connectivity index (χ1v) is 9.20. The SMILES string of the molecule is CC(C)N1CN(C(C)C)C2(CCN(C(=O)N(C)C(C)C)CC2)C1. The molecule has 2 amide bonds. The summed E-state index contributed by atoms with van der Waals surface area (Å²) in [6.07, 6.45) is 2.18. The molecule has 2 heterocycles. The number of carbonyl (C=O) groups excluding carboxylic acids is 1. The minimum Gasteiger partial charge on any atom is -0.325 e. The number of hydrogen-bond acceptors (Lipinski definition) is 3. The van der Waals surface area contributed by atoms with Crippen LogP contribution in [-0.2, 0) is 0 Å². The number of likely N-dealkylation sites (tertiary alicyclic amines) is 1. The number of nitrogens with zero attached hydrogens (tertiary/aromatic N) is 4. The summed E-state index contributed by atoms with van der Waals surface area (Å²) in [5, 5.41) is 0. The van der Waals surface area contributed by atoms with Gasteiger partial charge in [0.15, 0.2) is 0 Å². The molecule has 5 nitrogen and oxygen atoms in total. The van der Waals surface area contributed by atoms with Crippen LogP contribution in [0.2, 0.25) is 0 Å². The Balaban J connectivity index is 2.05. The van der Waals surface area contributed by atoms with Crippen molar-refractivity contribution in [2.75, 3.05) is 33.4 Å². The number of urea groups is 1. The van der Waals surface area contributed by atoms with Crippen LogP contribution in [0.3, 0.4) is 0 Å². The van der Waals surface area contributed by atoms with E-state index in [1.54, 1.807) is 0 Å². The molecule has 0 saturated carbocycles. The van der Waals surface area contributed by atoms with E-state index in [2.05, 4.69) is 51.3 Å². The van der Waals surface area contributed by atoms with E-state index < -0.39 is 0 Å². The fraction of sp³-hybridized carbons (Fsp3) is 0.944. The lowest BCUT2D eigenvalue weighted by Crippen LogP contribution is -2.58. The quantitative estimate of drug-likeness (QED) is 0.799. The Hall–Kier alpha value is -0.810. The van der Waals surface area contributed by atoms with Crippen molar-refractivity contribution in [1.29, 1.82) is 0 Å². The van der Waals surface area contributed by atoms with Crippen molar-refractivity contribution in [3.05, 3.63) is 0 Å². The molecule has 2 saturated heterocycles. The van der Waals surface area contributed by atoms with Crippen LogP contribution in [0, 0.1) is 0 Å². The van der Waals surface area contributed by atoms with Gasteiger partial charge in [-0.25, -0.2) is 4.79 Å². The summed E-state index contributed by atoms with van der Waals surface area (Å²) >= 11 is 0. The Bertz CT molecular complexity index is 413. The minimum atomic E-state index is 0.185. The molecule has 0 radical (unpaired) electrons. The highest BCUT2D eigenvalue weighted by Crippen LogP contribution is 2.37. The van der Waals surface area contributed by atoms with Crippen LogP contribution in [0.5, 0.6) is 0 Å². The van der Waals surface area contributed by atoms with Crippen LogP contribution in [0.25, 0.3) is 0 Å². The maximum Gasteiger partial charge on any atom is 0.319 e. The lowest BCUT2D eigenvalue weighted by Gasteiger charge is -2.46. The monoisotopic (exact) mass is 324 g/mol. The van der Waals surface area contributed by atoms with Gasteiger partial charge in [0.25, 0.3) is 0 Å². The van der Waals surface area contributed by atoms with Crippen molar-refractivity contribution in [3.8, 4) is 0 Å². The molecule has 2 rings (SSSR count). The van der Waals surface area contributed by atoms with Crippen molar-refractivity contribution < 1.29 is 4.79 Å². The number of carbonyl (C=O) groups is 1. The Kier molecular flexibility index (Phi) is 5.62. The predicted octanol–water partition coefficient (Wildman–Crippen LogP) is 2.67. The maximum atomic E-state index is 12.6. The molecule has 0 atom stereocenters. The molecular weight excluding hydrogens is 288 g/mol. The van der Waals surface area contributed by atoms with Crippen LogP contribution in [-0.4, -0.2) is 82.6 Å². The van der Waals surface area contributed by atoms with Crippen LogP contribution in [0.4, 0.5) is 4.79 Å². The third-order valence-corrected chi connectivity index (χ3v) is 5.84. The number of amides is 2. The largest absolute Gasteiger partial charge is 0.325 e. The second-order valence-corrected chi connectivity index (χ2v) is 8.24. The summed E-state index contributed by atoms with van der Waals surface area (Å²) < 4.78 is 0. The summed E-state index contributed by atoms with van der Waals surface area (Å²) in [5.41, 5.74) is 0.256. The number of piperidine rings is 1. The molecule has 2 aliphatic heterocycles. The average molecular weight is 325 g/mol. The van der Waals surface area contributed by atoms with E-state index in [9.17, 15) is 4.79 Å². The van der Waals surface area contributed by atoms with E-state index in [0.29, 0.717) is 12.1 Å². The molecule has 2 aliphatic rings. The van der Waals surface area contributed by atoms with Gasteiger partial charge < -0.3 is 9.80 Å². The van der Waals surface area contributed by atoms with Crippen molar-refractivity contribution in [2.45, 2.75) is 78.0 Å². The van der Waals surface area contributed by atoms with E-state index in [1.165, 1.54) is 0 Å². The minimum absolute atomic E-state index is 0.185. The van der Waals surface area contributed by atoms with Gasteiger partial charge in [0, 0.05) is 50.3 Å². The molecule has 0 bridgehead atoms. The zero-order valence-corrected chi connectivity index (χ0v) is 16.2. The van der Waals surface area contributed by atoms with Crippen LogP contribution in [0.15, 0.2) is 0 Å². The van der Waals surface area contributed by atoms with Crippen LogP contribution >= 0.6 is 0 Å². The van der Waals surface area contributed by atoms with Crippen molar-refractivity contribution in [1.82, 2.24) is 19.6 Å². The highest BCUT2D eigenvalue weighted by Gasteiger charge is 2.48. The Morgan fingerprint density at radius 2 is 1.57 bits per heavy atom. The van der Waals surface area contributed by atoms with E-state index in [1.807, 2.05) is 16.8 Å². The van der Waals surface area contributed by atoms with E-state index in [0.717, 1.165) is 39.1 Å². The average Bonchev–Trinajstić information content (AvgIpc) is 2.86. The summed E-state index contributed by atoms with van der Waals surface area (Å²) in [5.74, 6) is 0. The Morgan fingerprint density at radius 1 is 1.00 bits per heavy atom. The zero-order chi connectivity index (χ0) is 17.4. The number of rotatable bonds is 3. The van der Waals surface area contributed by atoms with Gasteiger partial charge >= 0.3 is 6.03 Å². The summed E-state index contributed by atoms with van der Waals surface area (Å²) in [4.78, 5) is 21.7. The molecule has 0 aliphatic carbocycles. The molecule has 0 aromatic carbocycles. The first-order chi connectivity index (χ1) is 10.7. The van der Waals surface area contributed by atoms with E-state index in [-0.39, 0.29) is 17.6 Å². The van der Waals surface area contributed by atoms with Crippen LogP contribution < -0.4 is 0 Å². The molecule has 0 unspecified atom stereocenters. The van der Waals surface area contributed by atoms with Crippen molar-refractivity contribution >= 4 is 6.03 Å². The highest BCUT2D eigenvalue weighted by molar-refractivity contribution is 5.74. The van der Waals surface area contributed by atoms with Gasteiger partial charge in [0.2, 0.25) is 0 Å². The maximum absolute atomic E-state index is 12.6. The molecule has 2 fully saturated rings. The zero-order valence-electron chi connectivity index (χ0n) is 16.2. The van der Waals surface area contributed by atoms with Crippen LogP contribution in [0.1, 0.15) is 54.4 Å². The Morgan fingerprint density at radius 3 is 2.00 bits per heavy atom. The molecule has 1 spiro atoms. The molecule has 23 heavy (non-hydrogen) atoms. The summed E-state index contributed by atoms with van der Waals surface area (Å²) in [6, 6.07) is 1.58. The Labute approximate surface area is 142 Å². The molecule has 5 heteroatoms. The smallest absolute Gasteiger partial charge is 0.319 e. The lowest BCUT2D eigenvalue weighted by atomic mass is 9.86. The fourth-order valence-electron chi connectivity index (χ4n) is 3.92. The first-order valence-electron chi connectivity index (χ1n) is 9.20. The van der Waals surface area contributed by atoms with E-state index >= 15 is 0 Å². The first kappa shape index (κ1) is 18.5. The topological polar surface area (TPSA) is 30.0 Å². The van der Waals surface area contributed by atoms with Crippen molar-refractivity contribution in [2.24, 2.45) is 0 Å². The molecule has 0 aromatic heterocycles. The summed E-state index contributed by atoms with van der Waals surface area (Å²) in [6.45, 7) is 17.3. The van der Waals surface area contributed by atoms with Gasteiger partial charge in [-0.05, 0) is 54.4 Å². The lowest BCUT2D eigenvalue weighted by molar-refractivity contribution is 0.0436.